The van der Waals surface area contributed by atoms with Crippen molar-refractivity contribution < 1.29 is 14.6 Å². The van der Waals surface area contributed by atoms with E-state index in [-0.39, 0.29) is 11.3 Å². The number of carboxylic acids is 1. The fourth-order valence-electron chi connectivity index (χ4n) is 3.65. The number of halogens is 1. The zero-order chi connectivity index (χ0) is 14.2. The van der Waals surface area contributed by atoms with Crippen LogP contribution in [0.1, 0.15) is 31.2 Å². The Morgan fingerprint density at radius 3 is 2.45 bits per heavy atom. The third-order valence-corrected chi connectivity index (χ3v) is 5.47. The van der Waals surface area contributed by atoms with Crippen LogP contribution in [0.2, 0.25) is 0 Å². The van der Waals surface area contributed by atoms with Crippen LogP contribution in [0, 0.1) is 11.8 Å². The van der Waals surface area contributed by atoms with Gasteiger partial charge in [0.15, 0.2) is 0 Å². The minimum absolute atomic E-state index is 0.104. The fourth-order valence-corrected chi connectivity index (χ4v) is 4.05. The molecule has 1 N–H and O–H groups in total. The molecule has 4 heteroatoms. The molecule has 2 fully saturated rings. The lowest BCUT2D eigenvalue weighted by atomic mass is 9.62. The van der Waals surface area contributed by atoms with E-state index in [1.54, 1.807) is 0 Å². The van der Waals surface area contributed by atoms with Gasteiger partial charge in [-0.15, -0.1) is 0 Å². The monoisotopic (exact) mass is 338 g/mol. The Kier molecular flexibility index (Phi) is 3.87. The molecule has 0 radical (unpaired) electrons. The van der Waals surface area contributed by atoms with E-state index in [1.165, 1.54) is 5.56 Å². The van der Waals surface area contributed by atoms with Gasteiger partial charge >= 0.3 is 5.97 Å². The molecule has 108 valence electrons. The Morgan fingerprint density at radius 1 is 1.25 bits per heavy atom. The molecular weight excluding hydrogens is 320 g/mol. The van der Waals surface area contributed by atoms with Crippen molar-refractivity contribution in [1.82, 2.24) is 0 Å². The Hall–Kier alpha value is -0.870. The van der Waals surface area contributed by atoms with Gasteiger partial charge in [-0.2, -0.15) is 0 Å². The summed E-state index contributed by atoms with van der Waals surface area (Å²) in [5, 5.41) is 9.12. The van der Waals surface area contributed by atoms with E-state index in [4.69, 9.17) is 9.84 Å². The van der Waals surface area contributed by atoms with Crippen molar-refractivity contribution in [2.24, 2.45) is 11.8 Å². The van der Waals surface area contributed by atoms with Crippen LogP contribution in [-0.4, -0.2) is 24.3 Å². The number of hydrogen-bond acceptors (Lipinski definition) is 2. The molecule has 3 nitrogen and oxygen atoms in total. The first kappa shape index (κ1) is 14.1. The number of carboxylic acid groups (broad SMARTS) is 1. The van der Waals surface area contributed by atoms with Crippen molar-refractivity contribution in [3.63, 3.8) is 0 Å². The maximum atomic E-state index is 11.1. The van der Waals surface area contributed by atoms with Crippen molar-refractivity contribution >= 4 is 21.9 Å². The summed E-state index contributed by atoms with van der Waals surface area (Å²) in [6.45, 7) is 1.54. The van der Waals surface area contributed by atoms with E-state index >= 15 is 0 Å². The molecule has 0 amide bonds. The molecule has 3 rings (SSSR count). The van der Waals surface area contributed by atoms with Crippen LogP contribution < -0.4 is 0 Å². The molecule has 1 heterocycles. The molecule has 20 heavy (non-hydrogen) atoms. The van der Waals surface area contributed by atoms with Crippen molar-refractivity contribution in [2.45, 2.75) is 31.1 Å². The second-order valence-corrected chi connectivity index (χ2v) is 6.96. The quantitative estimate of drug-likeness (QED) is 0.915. The van der Waals surface area contributed by atoms with Crippen molar-refractivity contribution in [3.8, 4) is 0 Å². The number of aliphatic carboxylic acids is 1. The number of ether oxygens (including phenoxy) is 1. The first-order chi connectivity index (χ1) is 9.62. The van der Waals surface area contributed by atoms with Gasteiger partial charge in [-0.3, -0.25) is 4.79 Å². The molecule has 0 aromatic heterocycles. The van der Waals surface area contributed by atoms with E-state index in [0.29, 0.717) is 5.92 Å². The highest BCUT2D eigenvalue weighted by molar-refractivity contribution is 9.10. The van der Waals surface area contributed by atoms with Crippen LogP contribution in [0.15, 0.2) is 28.7 Å². The molecule has 0 unspecified atom stereocenters. The molecular formula is C16H19BrO3. The summed E-state index contributed by atoms with van der Waals surface area (Å²) in [4.78, 5) is 11.1. The van der Waals surface area contributed by atoms with Crippen LogP contribution in [0.5, 0.6) is 0 Å². The SMILES string of the molecule is O=C(O)C1CCC(C2(c3cccc(Br)c3)COC2)CC1. The van der Waals surface area contributed by atoms with E-state index < -0.39 is 5.97 Å². The van der Waals surface area contributed by atoms with Crippen LogP contribution in [0.4, 0.5) is 0 Å². The molecule has 2 aliphatic rings. The Bertz CT molecular complexity index is 502. The van der Waals surface area contributed by atoms with Gasteiger partial charge in [-0.05, 0) is 49.3 Å². The third kappa shape index (κ3) is 2.40. The normalized spacial score (nSPS) is 28.6. The highest BCUT2D eigenvalue weighted by Gasteiger charge is 2.48. The second kappa shape index (κ2) is 5.49. The van der Waals surface area contributed by atoms with Crippen LogP contribution in [0.3, 0.4) is 0 Å². The van der Waals surface area contributed by atoms with Crippen LogP contribution in [0.25, 0.3) is 0 Å². The highest BCUT2D eigenvalue weighted by Crippen LogP contribution is 2.47. The molecule has 0 atom stereocenters. The zero-order valence-electron chi connectivity index (χ0n) is 11.3. The largest absolute Gasteiger partial charge is 0.481 e. The highest BCUT2D eigenvalue weighted by atomic mass is 79.9. The summed E-state index contributed by atoms with van der Waals surface area (Å²) >= 11 is 3.54. The molecule has 1 aliphatic heterocycles. The van der Waals surface area contributed by atoms with E-state index in [9.17, 15) is 4.79 Å². The predicted molar refractivity (Wildman–Crippen MR) is 79.7 cm³/mol. The van der Waals surface area contributed by atoms with Crippen molar-refractivity contribution in [1.29, 1.82) is 0 Å². The van der Waals surface area contributed by atoms with Gasteiger partial charge < -0.3 is 9.84 Å². The van der Waals surface area contributed by atoms with Crippen LogP contribution in [-0.2, 0) is 14.9 Å². The maximum absolute atomic E-state index is 11.1. The van der Waals surface area contributed by atoms with Gasteiger partial charge in [-0.1, -0.05) is 28.1 Å². The molecule has 0 spiro atoms. The number of rotatable bonds is 3. The number of carbonyl (C=O) groups is 1. The van der Waals surface area contributed by atoms with Gasteiger partial charge in [0.25, 0.3) is 0 Å². The van der Waals surface area contributed by atoms with Crippen LogP contribution >= 0.6 is 15.9 Å². The number of hydrogen-bond donors (Lipinski definition) is 1. The van der Waals surface area contributed by atoms with E-state index in [2.05, 4.69) is 34.1 Å². The predicted octanol–water partition coefficient (Wildman–Crippen LogP) is 3.61. The summed E-state index contributed by atoms with van der Waals surface area (Å²) in [6.07, 6.45) is 3.59. The summed E-state index contributed by atoms with van der Waals surface area (Å²) in [5.74, 6) is -0.238. The average Bonchev–Trinajstić information content (AvgIpc) is 2.38. The Morgan fingerprint density at radius 2 is 1.95 bits per heavy atom. The first-order valence-corrected chi connectivity index (χ1v) is 7.98. The van der Waals surface area contributed by atoms with E-state index in [1.807, 2.05) is 6.07 Å². The molecule has 1 aliphatic carbocycles. The van der Waals surface area contributed by atoms with Gasteiger partial charge in [0.2, 0.25) is 0 Å². The van der Waals surface area contributed by atoms with Gasteiger partial charge in [-0.25, -0.2) is 0 Å². The van der Waals surface area contributed by atoms with Gasteiger partial charge in [0.1, 0.15) is 0 Å². The lowest BCUT2D eigenvalue weighted by Crippen LogP contribution is -2.53. The fraction of sp³-hybridized carbons (Fsp3) is 0.562. The first-order valence-electron chi connectivity index (χ1n) is 7.18. The zero-order valence-corrected chi connectivity index (χ0v) is 12.9. The summed E-state index contributed by atoms with van der Waals surface area (Å²) in [5.41, 5.74) is 1.43. The lowest BCUT2D eigenvalue weighted by molar-refractivity contribution is -0.145. The molecule has 0 bridgehead atoms. The Balaban J connectivity index is 1.79. The number of benzene rings is 1. The Labute approximate surface area is 127 Å². The average molecular weight is 339 g/mol. The standard InChI is InChI=1S/C16H19BrO3/c17-14-3-1-2-13(8-14)16(9-20-10-16)12-6-4-11(5-7-12)15(18)19/h1-3,8,11-12H,4-7,9-10H2,(H,18,19). The second-order valence-electron chi connectivity index (χ2n) is 6.05. The van der Waals surface area contributed by atoms with Gasteiger partial charge in [0, 0.05) is 9.89 Å². The minimum atomic E-state index is -0.634. The minimum Gasteiger partial charge on any atom is -0.481 e. The molecule has 1 aromatic carbocycles. The smallest absolute Gasteiger partial charge is 0.306 e. The summed E-state index contributed by atoms with van der Waals surface area (Å²) in [6, 6.07) is 8.47. The maximum Gasteiger partial charge on any atom is 0.306 e. The summed E-state index contributed by atoms with van der Waals surface area (Å²) in [7, 11) is 0. The topological polar surface area (TPSA) is 46.5 Å². The third-order valence-electron chi connectivity index (χ3n) is 4.98. The van der Waals surface area contributed by atoms with Crippen molar-refractivity contribution in [2.75, 3.05) is 13.2 Å². The molecule has 1 aromatic rings. The van der Waals surface area contributed by atoms with Gasteiger partial charge in [0.05, 0.1) is 19.1 Å². The molecule has 1 saturated heterocycles. The molecule has 1 saturated carbocycles. The van der Waals surface area contributed by atoms with Crippen molar-refractivity contribution in [3.05, 3.63) is 34.3 Å². The lowest BCUT2D eigenvalue weighted by Gasteiger charge is -2.49. The summed E-state index contributed by atoms with van der Waals surface area (Å²) < 4.78 is 6.63. The van der Waals surface area contributed by atoms with E-state index in [0.717, 1.165) is 43.4 Å².